The number of amides is 8. The van der Waals surface area contributed by atoms with Crippen molar-refractivity contribution in [2.24, 2.45) is 17.4 Å². The summed E-state index contributed by atoms with van der Waals surface area (Å²) in [6, 6.07) is -8.38. The van der Waals surface area contributed by atoms with Crippen LogP contribution in [0.5, 0.6) is 0 Å². The Balaban J connectivity index is 3.05. The smallest absolute Gasteiger partial charge is 0.303 e. The van der Waals surface area contributed by atoms with Crippen LogP contribution in [-0.2, 0) is 47.9 Å². The van der Waals surface area contributed by atoms with E-state index in [4.69, 9.17) is 16.6 Å². The van der Waals surface area contributed by atoms with Crippen molar-refractivity contribution in [3.05, 3.63) is 0 Å². The van der Waals surface area contributed by atoms with Crippen LogP contribution in [0.1, 0.15) is 86.0 Å². The summed E-state index contributed by atoms with van der Waals surface area (Å²) in [6.07, 6.45) is 0.452. The van der Waals surface area contributed by atoms with Crippen molar-refractivity contribution in [3.8, 4) is 0 Å². The molecule has 1 rings (SSSR count). The Morgan fingerprint density at radius 2 is 1.40 bits per heavy atom. The lowest BCUT2D eigenvalue weighted by atomic mass is 10.0. The fourth-order valence-electron chi connectivity index (χ4n) is 5.88. The van der Waals surface area contributed by atoms with Crippen LogP contribution in [0.4, 0.5) is 0 Å². The zero-order valence-corrected chi connectivity index (χ0v) is 33.8. The number of nitrogens with zero attached hydrogens (tertiary/aromatic N) is 1. The molecule has 0 radical (unpaired) electrons. The second-order valence-corrected chi connectivity index (χ2v) is 14.6. The van der Waals surface area contributed by atoms with Gasteiger partial charge in [-0.1, -0.05) is 13.8 Å². The fraction of sp³-hybridized carbons (Fsp3) is 0.722. The van der Waals surface area contributed by atoms with E-state index in [9.17, 15) is 53.1 Å². The summed E-state index contributed by atoms with van der Waals surface area (Å²) in [5.74, 6) is -7.07. The van der Waals surface area contributed by atoms with E-state index in [1.165, 1.54) is 25.7 Å². The molecule has 8 atom stereocenters. The first kappa shape index (κ1) is 50.8. The summed E-state index contributed by atoms with van der Waals surface area (Å²) in [4.78, 5) is 127. The van der Waals surface area contributed by atoms with Crippen LogP contribution < -0.4 is 48.7 Å². The maximum Gasteiger partial charge on any atom is 0.303 e. The summed E-state index contributed by atoms with van der Waals surface area (Å²) in [7, 11) is 0. The van der Waals surface area contributed by atoms with Crippen molar-refractivity contribution in [2.45, 2.75) is 134 Å². The number of carboxylic acids is 1. The second kappa shape index (κ2) is 25.9. The third kappa shape index (κ3) is 17.9. The first-order valence-corrected chi connectivity index (χ1v) is 19.4. The average Bonchev–Trinajstić information content (AvgIpc) is 3.66. The van der Waals surface area contributed by atoms with E-state index in [0.717, 1.165) is 0 Å². The van der Waals surface area contributed by atoms with Gasteiger partial charge in [0, 0.05) is 13.0 Å². The lowest BCUT2D eigenvalue weighted by Gasteiger charge is -2.31. The number of aliphatic hydroxyl groups excluding tert-OH is 1. The number of hydrogen-bond donors (Lipinski definition) is 11. The maximum atomic E-state index is 13.9. The van der Waals surface area contributed by atoms with Gasteiger partial charge in [-0.25, -0.2) is 0 Å². The van der Waals surface area contributed by atoms with Gasteiger partial charge in [0.15, 0.2) is 0 Å². The molecule has 0 saturated carbocycles. The molecule has 13 N–H and O–H groups in total. The van der Waals surface area contributed by atoms with Gasteiger partial charge in [-0.2, -0.15) is 0 Å². The molecule has 1 fully saturated rings. The van der Waals surface area contributed by atoms with Crippen molar-refractivity contribution < 1.29 is 58.2 Å². The Morgan fingerprint density at radius 1 is 0.776 bits per heavy atom. The third-order valence-electron chi connectivity index (χ3n) is 9.12. The summed E-state index contributed by atoms with van der Waals surface area (Å²) < 4.78 is 0. The molecule has 1 heterocycles. The quantitative estimate of drug-likeness (QED) is 0.0290. The Kier molecular flexibility index (Phi) is 22.7. The number of aliphatic hydroxyl groups is 1. The molecule has 1 aliphatic heterocycles. The van der Waals surface area contributed by atoms with E-state index >= 15 is 0 Å². The fourth-order valence-corrected chi connectivity index (χ4v) is 5.88. The van der Waals surface area contributed by atoms with E-state index in [-0.39, 0.29) is 51.1 Å². The normalized spacial score (nSPS) is 17.3. The van der Waals surface area contributed by atoms with Crippen LogP contribution in [0.3, 0.4) is 0 Å². The predicted molar refractivity (Wildman–Crippen MR) is 207 cm³/mol. The molecule has 0 spiro atoms. The molecule has 0 unspecified atom stereocenters. The molecule has 0 bridgehead atoms. The topological polar surface area (TPSA) is 351 Å². The maximum absolute atomic E-state index is 13.9. The van der Waals surface area contributed by atoms with Crippen molar-refractivity contribution >= 4 is 59.5 Å². The number of unbranched alkanes of at least 4 members (excludes halogenated alkanes) is 1. The molecule has 22 heteroatoms. The molecule has 1 saturated heterocycles. The lowest BCUT2D eigenvalue weighted by Crippen LogP contribution is -2.60. The van der Waals surface area contributed by atoms with Crippen molar-refractivity contribution in [1.82, 2.24) is 42.1 Å². The highest BCUT2D eigenvalue weighted by molar-refractivity contribution is 5.97. The molecule has 8 amide bonds. The number of carbonyl (C=O) groups excluding carboxylic acids is 9. The Bertz CT molecular complexity index is 1460. The van der Waals surface area contributed by atoms with Gasteiger partial charge in [-0.05, 0) is 78.2 Å². The van der Waals surface area contributed by atoms with Gasteiger partial charge in [0.05, 0.1) is 25.2 Å². The number of carbonyl (C=O) groups is 10. The first-order valence-electron chi connectivity index (χ1n) is 19.4. The molecule has 328 valence electrons. The number of carboxylic acid groups (broad SMARTS) is 1. The number of rotatable bonds is 26. The molecular formula is C36H62N10O12. The van der Waals surface area contributed by atoms with Gasteiger partial charge in [0.1, 0.15) is 42.5 Å². The highest BCUT2D eigenvalue weighted by atomic mass is 16.4. The van der Waals surface area contributed by atoms with Gasteiger partial charge < -0.3 is 68.6 Å². The van der Waals surface area contributed by atoms with Crippen molar-refractivity contribution in [2.75, 3.05) is 26.2 Å². The van der Waals surface area contributed by atoms with E-state index in [2.05, 4.69) is 37.2 Å². The first-order chi connectivity index (χ1) is 27.2. The lowest BCUT2D eigenvalue weighted by molar-refractivity contribution is -0.143. The average molecular weight is 827 g/mol. The van der Waals surface area contributed by atoms with Gasteiger partial charge in [-0.15, -0.1) is 0 Å². The molecule has 0 aromatic rings. The van der Waals surface area contributed by atoms with Gasteiger partial charge in [0.25, 0.3) is 0 Å². The van der Waals surface area contributed by atoms with Crippen LogP contribution in [-0.4, -0.2) is 149 Å². The summed E-state index contributed by atoms with van der Waals surface area (Å²) >= 11 is 0. The molecule has 0 aromatic carbocycles. The largest absolute Gasteiger partial charge is 0.481 e. The number of aldehydes is 1. The number of aliphatic carboxylic acids is 1. The number of nitrogens with one attached hydrogen (secondary N) is 7. The molecule has 22 nitrogen and oxygen atoms in total. The minimum atomic E-state index is -1.52. The van der Waals surface area contributed by atoms with Crippen LogP contribution in [0.2, 0.25) is 0 Å². The van der Waals surface area contributed by atoms with Crippen molar-refractivity contribution in [3.63, 3.8) is 0 Å². The van der Waals surface area contributed by atoms with E-state index in [1.54, 1.807) is 0 Å². The van der Waals surface area contributed by atoms with Gasteiger partial charge >= 0.3 is 5.97 Å². The zero-order chi connectivity index (χ0) is 44.1. The third-order valence-corrected chi connectivity index (χ3v) is 9.12. The molecule has 58 heavy (non-hydrogen) atoms. The molecule has 0 aliphatic carbocycles. The predicted octanol–water partition coefficient (Wildman–Crippen LogP) is -4.38. The van der Waals surface area contributed by atoms with Gasteiger partial charge in [-0.3, -0.25) is 43.2 Å². The standard InChI is InChI=1S/C36H62N10O12/c1-19(2)17-25(44-30(52)20(3)41-32(54)23(38)11-12-28(50)51)36(58)46-15-8-10-26(46)34(56)43-24(9-6-7-13-37)33(55)42-21(4)31(53)45-29(22(5)48)35(57)40-18-27(49)39-14-16-47/h16,19-26,29,48H,6-15,17-18,37-38H2,1-5H3,(H,39,49)(H,40,57)(H,41,54)(H,42,55)(H,43,56)(H,44,52)(H,45,53)(H,50,51)/t20-,21-,22+,23-,24-,25-,26-,29-/m0/s1. The minimum absolute atomic E-state index is 0.0840. The Morgan fingerprint density at radius 3 is 1.97 bits per heavy atom. The number of likely N-dealkylation sites (tertiary alicyclic amines) is 1. The minimum Gasteiger partial charge on any atom is -0.481 e. The summed E-state index contributed by atoms with van der Waals surface area (Å²) in [5, 5.41) is 36.1. The van der Waals surface area contributed by atoms with E-state index < -0.39 is 108 Å². The Labute approximate surface area is 337 Å². The number of nitrogens with two attached hydrogens (primary N) is 2. The van der Waals surface area contributed by atoms with Crippen molar-refractivity contribution in [1.29, 1.82) is 0 Å². The van der Waals surface area contributed by atoms with E-state index in [1.807, 2.05) is 13.8 Å². The Hall–Kier alpha value is -5.22. The second-order valence-electron chi connectivity index (χ2n) is 14.6. The van der Waals surface area contributed by atoms with Gasteiger partial charge in [0.2, 0.25) is 47.3 Å². The van der Waals surface area contributed by atoms with Crippen LogP contribution in [0.15, 0.2) is 0 Å². The monoisotopic (exact) mass is 826 g/mol. The highest BCUT2D eigenvalue weighted by Gasteiger charge is 2.40. The highest BCUT2D eigenvalue weighted by Crippen LogP contribution is 2.21. The summed E-state index contributed by atoms with van der Waals surface area (Å²) in [6.45, 7) is 7.26. The van der Waals surface area contributed by atoms with Crippen LogP contribution in [0, 0.1) is 5.92 Å². The summed E-state index contributed by atoms with van der Waals surface area (Å²) in [5.41, 5.74) is 11.4. The molecule has 1 aliphatic rings. The molecular weight excluding hydrogens is 764 g/mol. The van der Waals surface area contributed by atoms with Crippen LogP contribution >= 0.6 is 0 Å². The van der Waals surface area contributed by atoms with E-state index in [0.29, 0.717) is 32.1 Å². The van der Waals surface area contributed by atoms with Crippen LogP contribution in [0.25, 0.3) is 0 Å². The molecule has 0 aromatic heterocycles. The number of hydrogen-bond acceptors (Lipinski definition) is 13. The SMILES string of the molecule is CC(C)C[C@H](NC(=O)[C@H](C)NC(=O)[C@@H](N)CCC(=O)O)C(=O)N1CCC[C@H]1C(=O)N[C@@H](CCCCN)C(=O)N[C@@H](C)C(=O)N[C@H](C(=O)NCC(=O)NCC=O)[C@@H](C)O. The zero-order valence-electron chi connectivity index (χ0n) is 33.8.